The topological polar surface area (TPSA) is 32.8 Å². The van der Waals surface area contributed by atoms with Crippen molar-refractivity contribution in [1.82, 2.24) is 9.80 Å². The van der Waals surface area contributed by atoms with Crippen molar-refractivity contribution < 1.29 is 9.53 Å². The van der Waals surface area contributed by atoms with Crippen LogP contribution in [0.2, 0.25) is 0 Å². The summed E-state index contributed by atoms with van der Waals surface area (Å²) in [6.45, 7) is 3.52. The van der Waals surface area contributed by atoms with Crippen molar-refractivity contribution in [3.05, 3.63) is 22.3 Å². The van der Waals surface area contributed by atoms with E-state index in [1.807, 2.05) is 0 Å². The Kier molecular flexibility index (Phi) is 4.66. The molecule has 21 heavy (non-hydrogen) atoms. The molecule has 0 bridgehead atoms. The van der Waals surface area contributed by atoms with Crippen molar-refractivity contribution in [3.63, 3.8) is 0 Å². The third-order valence-corrected chi connectivity index (χ3v) is 5.65. The van der Waals surface area contributed by atoms with Crippen LogP contribution >= 0.6 is 24.0 Å². The highest BCUT2D eigenvalue weighted by Gasteiger charge is 2.30. The van der Waals surface area contributed by atoms with E-state index in [9.17, 15) is 4.79 Å². The molecule has 0 spiro atoms. The van der Waals surface area contributed by atoms with Crippen LogP contribution in [0.3, 0.4) is 0 Å². The van der Waals surface area contributed by atoms with Gasteiger partial charge in [-0.15, -0.1) is 0 Å². The highest BCUT2D eigenvalue weighted by molar-refractivity contribution is 8.26. The van der Waals surface area contributed by atoms with Crippen molar-refractivity contribution in [2.75, 3.05) is 33.4 Å². The van der Waals surface area contributed by atoms with Crippen LogP contribution in [0, 0.1) is 0 Å². The van der Waals surface area contributed by atoms with E-state index in [-0.39, 0.29) is 5.91 Å². The van der Waals surface area contributed by atoms with Crippen LogP contribution in [0.25, 0.3) is 0 Å². The third-order valence-electron chi connectivity index (χ3n) is 4.17. The summed E-state index contributed by atoms with van der Waals surface area (Å²) >= 11 is 6.62. The molecular formula is C15H20N2O2S2. The van der Waals surface area contributed by atoms with Crippen molar-refractivity contribution in [1.29, 1.82) is 0 Å². The molecule has 3 rings (SSSR count). The molecule has 2 saturated heterocycles. The highest BCUT2D eigenvalue weighted by atomic mass is 32.2. The standard InChI is InChI=1S/C15H20N2O2S2/c1-16-14(18)13(21-15(16)20)10-11-4-2-3-5-12(11)17-6-8-19-9-7-17/h10H,2-9H2,1H3. The quantitative estimate of drug-likeness (QED) is 0.576. The number of thiocarbonyl (C=S) groups is 1. The van der Waals surface area contributed by atoms with Crippen molar-refractivity contribution in [3.8, 4) is 0 Å². The number of hydrogen-bond donors (Lipinski definition) is 0. The van der Waals surface area contributed by atoms with Crippen LogP contribution in [-0.2, 0) is 9.53 Å². The van der Waals surface area contributed by atoms with Gasteiger partial charge in [-0.3, -0.25) is 9.69 Å². The van der Waals surface area contributed by atoms with E-state index < -0.39 is 0 Å². The van der Waals surface area contributed by atoms with Gasteiger partial charge in [-0.05, 0) is 37.3 Å². The minimum atomic E-state index is 0.0319. The molecule has 2 aliphatic heterocycles. The second-order valence-electron chi connectivity index (χ2n) is 5.52. The summed E-state index contributed by atoms with van der Waals surface area (Å²) in [5.41, 5.74) is 2.73. The van der Waals surface area contributed by atoms with Gasteiger partial charge in [-0.25, -0.2) is 0 Å². The van der Waals surface area contributed by atoms with Gasteiger partial charge < -0.3 is 9.64 Å². The zero-order valence-corrected chi connectivity index (χ0v) is 13.9. The molecule has 2 heterocycles. The van der Waals surface area contributed by atoms with Crippen LogP contribution in [0.1, 0.15) is 25.7 Å². The normalized spacial score (nSPS) is 26.2. The lowest BCUT2D eigenvalue weighted by molar-refractivity contribution is -0.121. The van der Waals surface area contributed by atoms with E-state index in [0.29, 0.717) is 4.32 Å². The van der Waals surface area contributed by atoms with Gasteiger partial charge in [0, 0.05) is 25.8 Å². The minimum absolute atomic E-state index is 0.0319. The lowest BCUT2D eigenvalue weighted by Gasteiger charge is -2.34. The summed E-state index contributed by atoms with van der Waals surface area (Å²) in [6, 6.07) is 0. The summed E-state index contributed by atoms with van der Waals surface area (Å²) in [5.74, 6) is 0.0319. The molecule has 3 aliphatic rings. The number of carbonyl (C=O) groups excluding carboxylic acids is 1. The maximum Gasteiger partial charge on any atom is 0.265 e. The van der Waals surface area contributed by atoms with Crippen LogP contribution in [0.5, 0.6) is 0 Å². The third kappa shape index (κ3) is 3.17. The van der Waals surface area contributed by atoms with E-state index in [1.165, 1.54) is 35.9 Å². The van der Waals surface area contributed by atoms with Gasteiger partial charge in [0.05, 0.1) is 18.1 Å². The van der Waals surface area contributed by atoms with E-state index >= 15 is 0 Å². The van der Waals surface area contributed by atoms with Crippen LogP contribution in [0.4, 0.5) is 0 Å². The number of amides is 1. The molecule has 1 aliphatic carbocycles. The van der Waals surface area contributed by atoms with E-state index in [2.05, 4.69) is 11.0 Å². The number of ether oxygens (including phenoxy) is 1. The van der Waals surface area contributed by atoms with Crippen LogP contribution in [-0.4, -0.2) is 53.4 Å². The average molecular weight is 324 g/mol. The summed E-state index contributed by atoms with van der Waals surface area (Å²) in [7, 11) is 1.75. The molecule has 0 aromatic heterocycles. The van der Waals surface area contributed by atoms with Gasteiger partial charge in [0.25, 0.3) is 5.91 Å². The monoisotopic (exact) mass is 324 g/mol. The Hall–Kier alpha value is -0.850. The fraction of sp³-hybridized carbons (Fsp3) is 0.600. The molecule has 2 fully saturated rings. The lowest BCUT2D eigenvalue weighted by Crippen LogP contribution is -2.36. The number of morpholine rings is 1. The molecule has 6 heteroatoms. The Balaban J connectivity index is 1.88. The second kappa shape index (κ2) is 6.50. The van der Waals surface area contributed by atoms with Crippen molar-refractivity contribution in [2.24, 2.45) is 0 Å². The minimum Gasteiger partial charge on any atom is -0.378 e. The Bertz CT molecular complexity index is 522. The first kappa shape index (κ1) is 15.1. The Morgan fingerprint density at radius 1 is 1.24 bits per heavy atom. The summed E-state index contributed by atoms with van der Waals surface area (Å²) in [6.07, 6.45) is 6.68. The van der Waals surface area contributed by atoms with Gasteiger partial charge in [0.15, 0.2) is 0 Å². The first-order chi connectivity index (χ1) is 10.2. The average Bonchev–Trinajstić information content (AvgIpc) is 2.76. The number of rotatable bonds is 2. The van der Waals surface area contributed by atoms with Crippen molar-refractivity contribution >= 4 is 34.2 Å². The maximum absolute atomic E-state index is 12.2. The molecule has 0 radical (unpaired) electrons. The smallest absolute Gasteiger partial charge is 0.265 e. The molecule has 0 unspecified atom stereocenters. The number of thioether (sulfide) groups is 1. The first-order valence-corrected chi connectivity index (χ1v) is 8.65. The predicted molar refractivity (Wildman–Crippen MR) is 88.9 cm³/mol. The fourth-order valence-corrected chi connectivity index (χ4v) is 4.15. The van der Waals surface area contributed by atoms with E-state index in [0.717, 1.165) is 44.1 Å². The largest absolute Gasteiger partial charge is 0.378 e. The lowest BCUT2D eigenvalue weighted by atomic mass is 9.94. The van der Waals surface area contributed by atoms with E-state index in [4.69, 9.17) is 17.0 Å². The fourth-order valence-electron chi connectivity index (χ4n) is 2.97. The summed E-state index contributed by atoms with van der Waals surface area (Å²) < 4.78 is 6.09. The number of carbonyl (C=O) groups is 1. The molecule has 0 saturated carbocycles. The maximum atomic E-state index is 12.2. The van der Waals surface area contributed by atoms with Crippen molar-refractivity contribution in [2.45, 2.75) is 25.7 Å². The first-order valence-electron chi connectivity index (χ1n) is 7.43. The Morgan fingerprint density at radius 2 is 1.95 bits per heavy atom. The number of nitrogens with zero attached hydrogens (tertiary/aromatic N) is 2. The molecule has 0 N–H and O–H groups in total. The number of hydrogen-bond acceptors (Lipinski definition) is 5. The van der Waals surface area contributed by atoms with E-state index in [1.54, 1.807) is 11.9 Å². The van der Waals surface area contributed by atoms with Gasteiger partial charge in [0.1, 0.15) is 4.32 Å². The Morgan fingerprint density at radius 3 is 2.62 bits per heavy atom. The second-order valence-corrected chi connectivity index (χ2v) is 7.19. The SMILES string of the molecule is CN1C(=O)C(=CC2=C(N3CCOCC3)CCCC2)SC1=S. The zero-order chi connectivity index (χ0) is 14.8. The molecule has 4 nitrogen and oxygen atoms in total. The highest BCUT2D eigenvalue weighted by Crippen LogP contribution is 2.35. The predicted octanol–water partition coefficient (Wildman–Crippen LogP) is 2.52. The Labute approximate surface area is 135 Å². The summed E-state index contributed by atoms with van der Waals surface area (Å²) in [4.78, 5) is 16.9. The molecule has 114 valence electrons. The summed E-state index contributed by atoms with van der Waals surface area (Å²) in [5, 5.41) is 0. The van der Waals surface area contributed by atoms with Crippen LogP contribution < -0.4 is 0 Å². The molecule has 0 aromatic rings. The van der Waals surface area contributed by atoms with Gasteiger partial charge in [-0.2, -0.15) is 0 Å². The van der Waals surface area contributed by atoms with Crippen LogP contribution in [0.15, 0.2) is 22.3 Å². The van der Waals surface area contributed by atoms with Gasteiger partial charge in [-0.1, -0.05) is 24.0 Å². The number of allylic oxidation sites excluding steroid dienone is 3. The molecular weight excluding hydrogens is 304 g/mol. The molecule has 0 atom stereocenters. The molecule has 1 amide bonds. The number of likely N-dealkylation sites (N-methyl/N-ethyl adjacent to an activating group) is 1. The zero-order valence-electron chi connectivity index (χ0n) is 12.3. The van der Waals surface area contributed by atoms with Gasteiger partial charge >= 0.3 is 0 Å². The molecule has 0 aromatic carbocycles. The van der Waals surface area contributed by atoms with Gasteiger partial charge in [0.2, 0.25) is 0 Å².